The van der Waals surface area contributed by atoms with Gasteiger partial charge in [0.05, 0.1) is 0 Å². The Labute approximate surface area is 128 Å². The average Bonchev–Trinajstić information content (AvgIpc) is 2.55. The molecule has 0 saturated carbocycles. The Morgan fingerprint density at radius 1 is 0.952 bits per heavy atom. The number of rotatable bonds is 1. The number of hydrogen-bond acceptors (Lipinski definition) is 0. The van der Waals surface area contributed by atoms with Gasteiger partial charge in [-0.15, -0.1) is 0 Å². The highest BCUT2D eigenvalue weighted by molar-refractivity contribution is 6.72. The minimum absolute atomic E-state index is 0.0943. The Hall–Kier alpha value is -2.61. The smallest absolute Gasteiger partial charge is 0.0409 e. The molecule has 96 valence electrons. The summed E-state index contributed by atoms with van der Waals surface area (Å²) in [6, 6.07) is 16.4. The molecule has 0 fully saturated rings. The van der Waals surface area contributed by atoms with Gasteiger partial charge in [-0.2, -0.15) is 0 Å². The number of fused-ring (bicyclic) bond motifs is 1. The fraction of sp³-hybridized carbons (Fsp3) is 0.0500. The van der Waals surface area contributed by atoms with Crippen molar-refractivity contribution in [2.75, 3.05) is 0 Å². The lowest BCUT2D eigenvalue weighted by atomic mass is 9.90. The summed E-state index contributed by atoms with van der Waals surface area (Å²) in [5.74, 6) is 5.03. The molecule has 0 amide bonds. The molecule has 3 rings (SSSR count). The van der Waals surface area contributed by atoms with Gasteiger partial charge >= 0.3 is 0 Å². The Balaban J connectivity index is 2.19. The Morgan fingerprint density at radius 2 is 1.76 bits per heavy atom. The summed E-state index contributed by atoms with van der Waals surface area (Å²) in [5.41, 5.74) is 4.09. The van der Waals surface area contributed by atoms with Crippen LogP contribution in [-0.4, -0.2) is 14.3 Å². The van der Waals surface area contributed by atoms with Gasteiger partial charge in [0.2, 0.25) is 0 Å². The maximum absolute atomic E-state index is 7.55. The molecule has 0 aromatic heterocycles. The van der Waals surface area contributed by atoms with Crippen molar-refractivity contribution in [2.24, 2.45) is 0 Å². The summed E-state index contributed by atoms with van der Waals surface area (Å²) >= 11 is 0. The topological polar surface area (TPSA) is 0 Å². The van der Waals surface area contributed by atoms with Crippen LogP contribution >= 0.6 is 0 Å². The van der Waals surface area contributed by atoms with E-state index in [-0.39, 0.29) is 9.13 Å². The summed E-state index contributed by atoms with van der Waals surface area (Å²) in [6.07, 6.45) is 17.8. The van der Waals surface area contributed by atoms with Gasteiger partial charge in [0.1, 0.15) is 0 Å². The van der Waals surface area contributed by atoms with E-state index >= 15 is 0 Å². The normalized spacial score (nSPS) is 14.8. The van der Waals surface area contributed by atoms with Crippen molar-refractivity contribution in [3.8, 4) is 11.8 Å². The first kappa shape index (κ1) is 13.4. The molecule has 0 nitrogen and oxygen atoms in total. The molecule has 21 heavy (non-hydrogen) atoms. The summed E-state index contributed by atoms with van der Waals surface area (Å²) < 4.78 is 0. The van der Waals surface area contributed by atoms with Crippen LogP contribution in [0.15, 0.2) is 60.2 Å². The molecule has 1 aliphatic rings. The third-order valence-electron chi connectivity index (χ3n) is 3.61. The summed E-state index contributed by atoms with van der Waals surface area (Å²) in [5, 5.41) is 2.49. The predicted molar refractivity (Wildman–Crippen MR) is 88.9 cm³/mol. The Bertz CT molecular complexity index is 824. The molecule has 0 unspecified atom stereocenters. The second-order valence-electron chi connectivity index (χ2n) is 4.91. The van der Waals surface area contributed by atoms with Crippen molar-refractivity contribution < 1.29 is 0 Å². The largest absolute Gasteiger partial charge is 0.0641 e. The molecule has 0 aliphatic heterocycles. The highest BCUT2D eigenvalue weighted by atomic mass is 28.2. The molecule has 1 heteroatoms. The standard InChI is InChI=1S/C20H12Si/c1-3-15-10-11-17-13-12-16(4-2)20(19(17)14-15)21-18-8-6-5-7-9-18/h5-12,14,21H,13H2. The van der Waals surface area contributed by atoms with Crippen molar-refractivity contribution in [3.05, 3.63) is 89.7 Å². The molecule has 0 saturated heterocycles. The molecule has 2 aromatic rings. The minimum atomic E-state index is -0.0943. The fourth-order valence-corrected chi connectivity index (χ4v) is 4.06. The Kier molecular flexibility index (Phi) is 3.69. The van der Waals surface area contributed by atoms with E-state index in [0.29, 0.717) is 0 Å². The molecule has 1 aliphatic carbocycles. The van der Waals surface area contributed by atoms with Crippen LogP contribution in [0.5, 0.6) is 0 Å². The average molecular weight is 280 g/mol. The monoisotopic (exact) mass is 280 g/mol. The van der Waals surface area contributed by atoms with Gasteiger partial charge in [-0.05, 0) is 52.9 Å². The van der Waals surface area contributed by atoms with Gasteiger partial charge in [-0.3, -0.25) is 0 Å². The van der Waals surface area contributed by atoms with E-state index in [1.165, 1.54) is 15.9 Å². The zero-order valence-corrected chi connectivity index (χ0v) is 12.6. The van der Waals surface area contributed by atoms with Gasteiger partial charge in [0, 0.05) is 20.3 Å². The summed E-state index contributed by atoms with van der Waals surface area (Å²) in [6.45, 7) is 0. The molecule has 0 bridgehead atoms. The fourth-order valence-electron chi connectivity index (χ4n) is 2.54. The van der Waals surface area contributed by atoms with Crippen molar-refractivity contribution >= 4 is 19.5 Å². The molecule has 2 radical (unpaired) electrons. The van der Waals surface area contributed by atoms with Crippen molar-refractivity contribution in [1.82, 2.24) is 0 Å². The second kappa shape index (κ2) is 5.79. The summed E-state index contributed by atoms with van der Waals surface area (Å²) in [4.78, 5) is 0. The van der Waals surface area contributed by atoms with E-state index in [4.69, 9.17) is 12.8 Å². The van der Waals surface area contributed by atoms with Crippen LogP contribution in [0.25, 0.3) is 0 Å². The second-order valence-corrected chi connectivity index (χ2v) is 6.45. The summed E-state index contributed by atoms with van der Waals surface area (Å²) in [7, 11) is -0.0943. The third kappa shape index (κ3) is 2.65. The first-order valence-corrected chi connectivity index (χ1v) is 7.93. The Morgan fingerprint density at radius 3 is 2.48 bits per heavy atom. The van der Waals surface area contributed by atoms with Gasteiger partial charge in [-0.25, -0.2) is 0 Å². The first-order valence-electron chi connectivity index (χ1n) is 6.78. The quantitative estimate of drug-likeness (QED) is 0.553. The number of benzene rings is 2. The predicted octanol–water partition coefficient (Wildman–Crippen LogP) is 1.98. The SMILES string of the molecule is [C]#CC1=CCc2ccc(C#[C])cc2C1=[SiH]c1ccccc1. The number of hydrogen-bond donors (Lipinski definition) is 0. The molecule has 0 N–H and O–H groups in total. The number of allylic oxidation sites excluding steroid dienone is 2. The van der Waals surface area contributed by atoms with Gasteiger partial charge < -0.3 is 0 Å². The van der Waals surface area contributed by atoms with Gasteiger partial charge in [-0.1, -0.05) is 54.3 Å². The van der Waals surface area contributed by atoms with E-state index in [1.54, 1.807) is 0 Å². The third-order valence-corrected chi connectivity index (χ3v) is 5.23. The van der Waals surface area contributed by atoms with E-state index in [0.717, 1.165) is 23.1 Å². The molecular formula is C20H12Si. The highest BCUT2D eigenvalue weighted by Crippen LogP contribution is 2.21. The highest BCUT2D eigenvalue weighted by Gasteiger charge is 2.16. The van der Waals surface area contributed by atoms with Crippen molar-refractivity contribution in [2.45, 2.75) is 6.42 Å². The first-order chi connectivity index (χ1) is 10.3. The van der Waals surface area contributed by atoms with Crippen LogP contribution in [0.4, 0.5) is 0 Å². The lowest BCUT2D eigenvalue weighted by Gasteiger charge is -2.18. The van der Waals surface area contributed by atoms with Crippen molar-refractivity contribution in [3.63, 3.8) is 0 Å². The minimum Gasteiger partial charge on any atom is -0.0641 e. The zero-order chi connectivity index (χ0) is 14.7. The molecule has 0 atom stereocenters. The van der Waals surface area contributed by atoms with Gasteiger partial charge in [0.25, 0.3) is 0 Å². The zero-order valence-electron chi connectivity index (χ0n) is 11.5. The molecule has 2 aromatic carbocycles. The van der Waals surface area contributed by atoms with Gasteiger partial charge in [0.15, 0.2) is 0 Å². The van der Waals surface area contributed by atoms with Crippen LogP contribution in [-0.2, 0) is 6.42 Å². The van der Waals surface area contributed by atoms with E-state index in [1.807, 2.05) is 30.3 Å². The molecular weight excluding hydrogens is 268 g/mol. The maximum Gasteiger partial charge on any atom is 0.0409 e. The molecule has 0 spiro atoms. The van der Waals surface area contributed by atoms with Crippen LogP contribution in [0.3, 0.4) is 0 Å². The van der Waals surface area contributed by atoms with E-state index in [2.05, 4.69) is 36.1 Å². The lowest BCUT2D eigenvalue weighted by Crippen LogP contribution is -2.22. The van der Waals surface area contributed by atoms with E-state index in [9.17, 15) is 0 Å². The molecule has 0 heterocycles. The van der Waals surface area contributed by atoms with Crippen LogP contribution < -0.4 is 5.19 Å². The van der Waals surface area contributed by atoms with E-state index < -0.39 is 0 Å². The lowest BCUT2D eigenvalue weighted by molar-refractivity contribution is 1.23. The van der Waals surface area contributed by atoms with Crippen LogP contribution in [0.1, 0.15) is 16.7 Å². The van der Waals surface area contributed by atoms with Crippen molar-refractivity contribution in [1.29, 1.82) is 0 Å². The van der Waals surface area contributed by atoms with Crippen LogP contribution in [0, 0.1) is 24.7 Å². The maximum atomic E-state index is 7.55. The van der Waals surface area contributed by atoms with Crippen LogP contribution in [0.2, 0.25) is 0 Å².